The monoisotopic (exact) mass is 318 g/mol. The smallest absolute Gasteiger partial charge is 0.241 e. The zero-order valence-corrected chi connectivity index (χ0v) is 13.4. The average molecular weight is 318 g/mol. The fraction of sp³-hybridized carbons (Fsp3) is 0.692. The van der Waals surface area contributed by atoms with Gasteiger partial charge in [-0.15, -0.1) is 11.3 Å². The van der Waals surface area contributed by atoms with Crippen molar-refractivity contribution in [2.75, 3.05) is 19.8 Å². The molecule has 0 spiro atoms. The van der Waals surface area contributed by atoms with E-state index >= 15 is 0 Å². The topological polar surface area (TPSA) is 67.4 Å². The van der Waals surface area contributed by atoms with Crippen molar-refractivity contribution in [1.82, 2.24) is 10.0 Å². The molecule has 20 heavy (non-hydrogen) atoms. The average Bonchev–Trinajstić information content (AvgIpc) is 2.89. The van der Waals surface area contributed by atoms with Gasteiger partial charge in [-0.1, -0.05) is 6.92 Å². The summed E-state index contributed by atoms with van der Waals surface area (Å²) in [5.41, 5.74) is 0. The van der Waals surface area contributed by atoms with E-state index < -0.39 is 10.0 Å². The second kappa shape index (κ2) is 7.51. The van der Waals surface area contributed by atoms with Crippen molar-refractivity contribution < 1.29 is 13.2 Å². The highest BCUT2D eigenvalue weighted by molar-refractivity contribution is 7.89. The number of thiophene rings is 1. The van der Waals surface area contributed by atoms with Crippen molar-refractivity contribution in [2.24, 2.45) is 0 Å². The van der Waals surface area contributed by atoms with Gasteiger partial charge in [0.25, 0.3) is 0 Å². The van der Waals surface area contributed by atoms with Crippen LogP contribution in [-0.4, -0.2) is 34.2 Å². The summed E-state index contributed by atoms with van der Waals surface area (Å²) in [5, 5.41) is 5.09. The molecule has 2 heterocycles. The molecule has 0 atom stereocenters. The molecule has 0 aromatic carbocycles. The molecule has 0 bridgehead atoms. The molecule has 1 aromatic rings. The molecule has 1 aliphatic heterocycles. The highest BCUT2D eigenvalue weighted by atomic mass is 32.2. The first-order valence-corrected chi connectivity index (χ1v) is 9.37. The Balaban J connectivity index is 2.03. The second-order valence-electron chi connectivity index (χ2n) is 4.89. The normalized spacial score (nSPS) is 17.4. The van der Waals surface area contributed by atoms with Crippen LogP contribution in [0, 0.1) is 0 Å². The van der Waals surface area contributed by atoms with Gasteiger partial charge in [-0.25, -0.2) is 13.1 Å². The summed E-state index contributed by atoms with van der Waals surface area (Å²) < 4.78 is 32.9. The number of hydrogen-bond acceptors (Lipinski definition) is 5. The SMILES string of the molecule is CCCNCc1sccc1S(=O)(=O)NC1CCOCC1. The molecule has 7 heteroatoms. The maximum absolute atomic E-state index is 12.4. The Bertz CT molecular complexity index is 507. The molecular formula is C13H22N2O3S2. The van der Waals surface area contributed by atoms with Gasteiger partial charge < -0.3 is 10.1 Å². The van der Waals surface area contributed by atoms with E-state index in [1.165, 1.54) is 11.3 Å². The third kappa shape index (κ3) is 4.26. The van der Waals surface area contributed by atoms with Crippen molar-refractivity contribution >= 4 is 21.4 Å². The summed E-state index contributed by atoms with van der Waals surface area (Å²) in [6.45, 7) is 4.84. The van der Waals surface area contributed by atoms with E-state index in [0.717, 1.165) is 30.7 Å². The first kappa shape index (κ1) is 15.9. The van der Waals surface area contributed by atoms with Crippen LogP contribution < -0.4 is 10.0 Å². The Morgan fingerprint density at radius 3 is 2.85 bits per heavy atom. The van der Waals surface area contributed by atoms with Crippen LogP contribution in [0.25, 0.3) is 0 Å². The second-order valence-corrected chi connectivity index (χ2v) is 7.58. The van der Waals surface area contributed by atoms with Crippen molar-refractivity contribution in [2.45, 2.75) is 43.7 Å². The standard InChI is InChI=1S/C13H22N2O3S2/c1-2-6-14-10-12-13(5-9-19-12)20(16,17)15-11-3-7-18-8-4-11/h5,9,11,14-15H,2-4,6-8,10H2,1H3. The minimum Gasteiger partial charge on any atom is -0.381 e. The molecule has 1 saturated heterocycles. The lowest BCUT2D eigenvalue weighted by Crippen LogP contribution is -2.39. The number of ether oxygens (including phenoxy) is 1. The number of hydrogen-bond donors (Lipinski definition) is 2. The number of sulfonamides is 1. The van der Waals surface area contributed by atoms with E-state index in [2.05, 4.69) is 17.0 Å². The Morgan fingerprint density at radius 1 is 1.40 bits per heavy atom. The Kier molecular flexibility index (Phi) is 5.98. The van der Waals surface area contributed by atoms with Gasteiger partial charge in [0.2, 0.25) is 10.0 Å². The van der Waals surface area contributed by atoms with E-state index in [1.54, 1.807) is 6.07 Å². The minimum atomic E-state index is -3.42. The summed E-state index contributed by atoms with van der Waals surface area (Å²) >= 11 is 1.48. The fourth-order valence-corrected chi connectivity index (χ4v) is 4.89. The summed E-state index contributed by atoms with van der Waals surface area (Å²) in [4.78, 5) is 1.29. The van der Waals surface area contributed by atoms with Crippen molar-refractivity contribution in [3.63, 3.8) is 0 Å². The minimum absolute atomic E-state index is 0.00917. The van der Waals surface area contributed by atoms with Crippen molar-refractivity contribution in [1.29, 1.82) is 0 Å². The van der Waals surface area contributed by atoms with Crippen molar-refractivity contribution in [3.05, 3.63) is 16.3 Å². The predicted molar refractivity (Wildman–Crippen MR) is 80.5 cm³/mol. The molecule has 2 N–H and O–H groups in total. The fourth-order valence-electron chi connectivity index (χ4n) is 2.17. The lowest BCUT2D eigenvalue weighted by Gasteiger charge is -2.23. The maximum Gasteiger partial charge on any atom is 0.241 e. The summed E-state index contributed by atoms with van der Waals surface area (Å²) in [6.07, 6.45) is 2.52. The molecule has 0 saturated carbocycles. The van der Waals surface area contributed by atoms with Gasteiger partial charge in [-0.3, -0.25) is 0 Å². The van der Waals surface area contributed by atoms with Crippen LogP contribution >= 0.6 is 11.3 Å². The molecular weight excluding hydrogens is 296 g/mol. The van der Waals surface area contributed by atoms with Crippen molar-refractivity contribution in [3.8, 4) is 0 Å². The number of nitrogens with one attached hydrogen (secondary N) is 2. The maximum atomic E-state index is 12.4. The molecule has 1 fully saturated rings. The lowest BCUT2D eigenvalue weighted by atomic mass is 10.1. The largest absolute Gasteiger partial charge is 0.381 e. The van der Waals surface area contributed by atoms with Crippen LogP contribution in [-0.2, 0) is 21.3 Å². The Morgan fingerprint density at radius 2 is 2.15 bits per heavy atom. The van der Waals surface area contributed by atoms with Gasteiger partial charge in [0.1, 0.15) is 0 Å². The first-order valence-electron chi connectivity index (χ1n) is 7.00. The molecule has 0 aliphatic carbocycles. The van der Waals surface area contributed by atoms with Crippen LogP contribution in [0.2, 0.25) is 0 Å². The molecule has 0 radical (unpaired) electrons. The van der Waals surface area contributed by atoms with Gasteiger partial charge in [-0.05, 0) is 37.3 Å². The molecule has 0 unspecified atom stereocenters. The van der Waals surface area contributed by atoms with Crippen LogP contribution in [0.3, 0.4) is 0 Å². The number of rotatable bonds is 7. The summed E-state index contributed by atoms with van der Waals surface area (Å²) in [5.74, 6) is 0. The third-order valence-corrected chi connectivity index (χ3v) is 5.90. The first-order chi connectivity index (χ1) is 9.63. The summed E-state index contributed by atoms with van der Waals surface area (Å²) in [6, 6.07) is 1.68. The molecule has 5 nitrogen and oxygen atoms in total. The van der Waals surface area contributed by atoms with Gasteiger partial charge in [0.15, 0.2) is 0 Å². The van der Waals surface area contributed by atoms with E-state index in [1.807, 2.05) is 5.38 Å². The molecule has 114 valence electrons. The Hall–Kier alpha value is -0.470. The van der Waals surface area contributed by atoms with Gasteiger partial charge in [0, 0.05) is 30.7 Å². The lowest BCUT2D eigenvalue weighted by molar-refractivity contribution is 0.0832. The molecule has 1 aliphatic rings. The van der Waals surface area contributed by atoms with Crippen LogP contribution in [0.5, 0.6) is 0 Å². The van der Waals surface area contributed by atoms with Gasteiger partial charge in [-0.2, -0.15) is 0 Å². The Labute approximate surface area is 124 Å². The van der Waals surface area contributed by atoms with Crippen LogP contribution in [0.4, 0.5) is 0 Å². The zero-order valence-electron chi connectivity index (χ0n) is 11.7. The predicted octanol–water partition coefficient (Wildman–Crippen LogP) is 1.71. The highest BCUT2D eigenvalue weighted by Crippen LogP contribution is 2.23. The molecule has 2 rings (SSSR count). The molecule has 0 amide bonds. The van der Waals surface area contributed by atoms with Crippen LogP contribution in [0.15, 0.2) is 16.3 Å². The van der Waals surface area contributed by atoms with E-state index in [4.69, 9.17) is 4.74 Å². The zero-order chi connectivity index (χ0) is 14.4. The van der Waals surface area contributed by atoms with Gasteiger partial charge in [0.05, 0.1) is 4.90 Å². The van der Waals surface area contributed by atoms with Crippen LogP contribution in [0.1, 0.15) is 31.1 Å². The third-order valence-electron chi connectivity index (χ3n) is 3.25. The van der Waals surface area contributed by atoms with E-state index in [0.29, 0.717) is 24.7 Å². The highest BCUT2D eigenvalue weighted by Gasteiger charge is 2.24. The van der Waals surface area contributed by atoms with E-state index in [9.17, 15) is 8.42 Å². The quantitative estimate of drug-likeness (QED) is 0.751. The van der Waals surface area contributed by atoms with Gasteiger partial charge >= 0.3 is 0 Å². The summed E-state index contributed by atoms with van der Waals surface area (Å²) in [7, 11) is -3.42. The van der Waals surface area contributed by atoms with E-state index in [-0.39, 0.29) is 6.04 Å². The molecule has 1 aromatic heterocycles.